The van der Waals surface area contributed by atoms with Gasteiger partial charge in [0.2, 0.25) is 5.76 Å². The van der Waals surface area contributed by atoms with Crippen LogP contribution in [0.5, 0.6) is 0 Å². The Labute approximate surface area is 103 Å². The fourth-order valence-corrected chi connectivity index (χ4v) is 1.36. The zero-order valence-corrected chi connectivity index (χ0v) is 10.5. The molecule has 0 aliphatic carbocycles. The number of furan rings is 1. The molecule has 0 aromatic carbocycles. The third-order valence-electron chi connectivity index (χ3n) is 2.16. The van der Waals surface area contributed by atoms with Gasteiger partial charge in [-0.25, -0.2) is 0 Å². The van der Waals surface area contributed by atoms with Gasteiger partial charge in [0.1, 0.15) is 11.8 Å². The van der Waals surface area contributed by atoms with Crippen molar-refractivity contribution in [2.24, 2.45) is 5.92 Å². The Kier molecular flexibility index (Phi) is 6.38. The zero-order valence-electron chi connectivity index (χ0n) is 10.5. The second-order valence-electron chi connectivity index (χ2n) is 4.38. The van der Waals surface area contributed by atoms with Gasteiger partial charge in [0.25, 0.3) is 0 Å². The topological polar surface area (TPSA) is 58.2 Å². The Hall–Kier alpha value is -1.31. The summed E-state index contributed by atoms with van der Waals surface area (Å²) in [5, 5.41) is 11.8. The molecule has 4 heteroatoms. The van der Waals surface area contributed by atoms with Crippen LogP contribution in [0.4, 0.5) is 0 Å². The van der Waals surface area contributed by atoms with Crippen molar-refractivity contribution in [2.75, 3.05) is 19.8 Å². The molecule has 1 aromatic rings. The van der Waals surface area contributed by atoms with E-state index in [1.807, 2.05) is 12.1 Å². The maximum atomic E-state index is 8.58. The van der Waals surface area contributed by atoms with Crippen LogP contribution < -0.4 is 5.32 Å². The van der Waals surface area contributed by atoms with E-state index >= 15 is 0 Å². The van der Waals surface area contributed by atoms with Crippen molar-refractivity contribution in [3.63, 3.8) is 0 Å². The predicted molar refractivity (Wildman–Crippen MR) is 65.4 cm³/mol. The molecule has 1 heterocycles. The van der Waals surface area contributed by atoms with Crippen LogP contribution in [-0.2, 0) is 11.3 Å². The van der Waals surface area contributed by atoms with E-state index in [-0.39, 0.29) is 0 Å². The minimum Gasteiger partial charge on any atom is -0.449 e. The summed E-state index contributed by atoms with van der Waals surface area (Å²) in [5.74, 6) is 1.75. The van der Waals surface area contributed by atoms with Gasteiger partial charge in [0.05, 0.1) is 6.54 Å². The molecule has 0 amide bonds. The Balaban J connectivity index is 1.99. The van der Waals surface area contributed by atoms with Crippen LogP contribution in [0.3, 0.4) is 0 Å². The molecule has 94 valence electrons. The molecule has 0 atom stereocenters. The van der Waals surface area contributed by atoms with E-state index < -0.39 is 0 Å². The number of nitriles is 1. The fraction of sp³-hybridized carbons (Fsp3) is 0.615. The summed E-state index contributed by atoms with van der Waals surface area (Å²) in [7, 11) is 0. The molecule has 0 unspecified atom stereocenters. The molecule has 0 saturated carbocycles. The lowest BCUT2D eigenvalue weighted by Crippen LogP contribution is -2.16. The summed E-state index contributed by atoms with van der Waals surface area (Å²) in [6.45, 7) is 7.44. The predicted octanol–water partition coefficient (Wildman–Crippen LogP) is 2.30. The first-order valence-electron chi connectivity index (χ1n) is 5.99. The summed E-state index contributed by atoms with van der Waals surface area (Å²) >= 11 is 0. The van der Waals surface area contributed by atoms with Crippen molar-refractivity contribution >= 4 is 0 Å². The van der Waals surface area contributed by atoms with Gasteiger partial charge in [0, 0.05) is 13.2 Å². The second-order valence-corrected chi connectivity index (χ2v) is 4.38. The normalized spacial score (nSPS) is 10.7. The molecule has 1 rings (SSSR count). The van der Waals surface area contributed by atoms with E-state index in [4.69, 9.17) is 14.4 Å². The lowest BCUT2D eigenvalue weighted by molar-refractivity contribution is 0.108. The number of nitrogens with one attached hydrogen (secondary N) is 1. The smallest absolute Gasteiger partial charge is 0.203 e. The molecule has 0 aliphatic heterocycles. The van der Waals surface area contributed by atoms with Gasteiger partial charge >= 0.3 is 0 Å². The van der Waals surface area contributed by atoms with Crippen LogP contribution in [-0.4, -0.2) is 19.8 Å². The SMILES string of the molecule is CC(C)COCCCNCc1ccc(C#N)o1. The minimum atomic E-state index is 0.363. The maximum Gasteiger partial charge on any atom is 0.203 e. The van der Waals surface area contributed by atoms with Crippen molar-refractivity contribution in [1.29, 1.82) is 5.26 Å². The molecule has 4 nitrogen and oxygen atoms in total. The number of nitrogens with zero attached hydrogens (tertiary/aromatic N) is 1. The summed E-state index contributed by atoms with van der Waals surface area (Å²) < 4.78 is 10.7. The van der Waals surface area contributed by atoms with E-state index in [1.54, 1.807) is 6.07 Å². The summed E-state index contributed by atoms with van der Waals surface area (Å²) in [5.41, 5.74) is 0. The molecule has 0 bridgehead atoms. The highest BCUT2D eigenvalue weighted by molar-refractivity contribution is 5.18. The molecule has 0 spiro atoms. The molecule has 0 saturated heterocycles. The van der Waals surface area contributed by atoms with Crippen molar-refractivity contribution in [3.05, 3.63) is 23.7 Å². The van der Waals surface area contributed by atoms with Gasteiger partial charge in [-0.05, 0) is 31.0 Å². The average molecular weight is 236 g/mol. The number of hydrogen-bond donors (Lipinski definition) is 1. The highest BCUT2D eigenvalue weighted by Gasteiger charge is 2.00. The number of rotatable bonds is 8. The first-order valence-corrected chi connectivity index (χ1v) is 5.99. The van der Waals surface area contributed by atoms with Gasteiger partial charge in [-0.15, -0.1) is 0 Å². The average Bonchev–Trinajstić information content (AvgIpc) is 2.75. The van der Waals surface area contributed by atoms with Gasteiger partial charge in [-0.1, -0.05) is 13.8 Å². The quantitative estimate of drug-likeness (QED) is 0.704. The van der Waals surface area contributed by atoms with E-state index in [2.05, 4.69) is 19.2 Å². The van der Waals surface area contributed by atoms with Gasteiger partial charge < -0.3 is 14.5 Å². The number of ether oxygens (including phenoxy) is 1. The molecule has 1 N–H and O–H groups in total. The monoisotopic (exact) mass is 236 g/mol. The highest BCUT2D eigenvalue weighted by atomic mass is 16.5. The van der Waals surface area contributed by atoms with E-state index in [0.29, 0.717) is 18.2 Å². The number of hydrogen-bond acceptors (Lipinski definition) is 4. The van der Waals surface area contributed by atoms with Crippen LogP contribution in [0.2, 0.25) is 0 Å². The highest BCUT2D eigenvalue weighted by Crippen LogP contribution is 2.05. The van der Waals surface area contributed by atoms with Crippen molar-refractivity contribution in [3.8, 4) is 6.07 Å². The molecule has 0 fully saturated rings. The Morgan fingerprint density at radius 3 is 2.94 bits per heavy atom. The standard InChI is InChI=1S/C13H20N2O2/c1-11(2)10-16-7-3-6-15-9-13-5-4-12(8-14)17-13/h4-5,11,15H,3,6-7,9-10H2,1-2H3. The van der Waals surface area contributed by atoms with Crippen LogP contribution >= 0.6 is 0 Å². The largest absolute Gasteiger partial charge is 0.449 e. The van der Waals surface area contributed by atoms with E-state index in [0.717, 1.165) is 31.9 Å². The maximum absolute atomic E-state index is 8.58. The Morgan fingerprint density at radius 1 is 1.47 bits per heavy atom. The third-order valence-corrected chi connectivity index (χ3v) is 2.16. The second kappa shape index (κ2) is 7.88. The lowest BCUT2D eigenvalue weighted by atomic mass is 10.2. The first kappa shape index (κ1) is 13.8. The summed E-state index contributed by atoms with van der Waals surface area (Å²) in [6, 6.07) is 5.47. The minimum absolute atomic E-state index is 0.363. The summed E-state index contributed by atoms with van der Waals surface area (Å²) in [4.78, 5) is 0. The van der Waals surface area contributed by atoms with Crippen LogP contribution in [0.25, 0.3) is 0 Å². The van der Waals surface area contributed by atoms with Gasteiger partial charge in [-0.2, -0.15) is 5.26 Å². The van der Waals surface area contributed by atoms with Crippen LogP contribution in [0, 0.1) is 17.2 Å². The van der Waals surface area contributed by atoms with Gasteiger partial charge in [-0.3, -0.25) is 0 Å². The van der Waals surface area contributed by atoms with Gasteiger partial charge in [0.15, 0.2) is 0 Å². The first-order chi connectivity index (χ1) is 8.22. The Bertz CT molecular complexity index is 353. The van der Waals surface area contributed by atoms with Crippen LogP contribution in [0.1, 0.15) is 31.8 Å². The molecule has 0 radical (unpaired) electrons. The van der Waals surface area contributed by atoms with Crippen molar-refractivity contribution in [2.45, 2.75) is 26.8 Å². The Morgan fingerprint density at radius 2 is 2.29 bits per heavy atom. The molecule has 17 heavy (non-hydrogen) atoms. The lowest BCUT2D eigenvalue weighted by Gasteiger charge is -2.06. The fourth-order valence-electron chi connectivity index (χ4n) is 1.36. The molecular formula is C13H20N2O2. The summed E-state index contributed by atoms with van der Waals surface area (Å²) in [6.07, 6.45) is 0.985. The van der Waals surface area contributed by atoms with Crippen molar-refractivity contribution < 1.29 is 9.15 Å². The molecule has 1 aromatic heterocycles. The molecular weight excluding hydrogens is 216 g/mol. The van der Waals surface area contributed by atoms with E-state index in [9.17, 15) is 0 Å². The zero-order chi connectivity index (χ0) is 12.5. The van der Waals surface area contributed by atoms with Crippen LogP contribution in [0.15, 0.2) is 16.5 Å². The van der Waals surface area contributed by atoms with Crippen molar-refractivity contribution in [1.82, 2.24) is 5.32 Å². The third kappa shape index (κ3) is 6.10. The van der Waals surface area contributed by atoms with E-state index in [1.165, 1.54) is 0 Å². The molecule has 0 aliphatic rings.